The molecule has 9 nitrogen and oxygen atoms in total. The molecule has 0 aliphatic carbocycles. The first-order valence-corrected chi connectivity index (χ1v) is 9.85. The lowest BCUT2D eigenvalue weighted by molar-refractivity contribution is 0.177. The highest BCUT2D eigenvalue weighted by Gasteiger charge is 2.22. The zero-order valence-corrected chi connectivity index (χ0v) is 17.6. The maximum atomic E-state index is 5.65. The second kappa shape index (κ2) is 10.1. The van der Waals surface area contributed by atoms with E-state index in [9.17, 15) is 0 Å². The topological polar surface area (TPSA) is 94.8 Å². The molecule has 0 radical (unpaired) electrons. The van der Waals surface area contributed by atoms with Crippen LogP contribution < -0.4 is 20.1 Å². The number of rotatable bonds is 8. The SMILES string of the molecule is CCOc1cc(CNC(=NC)NC2CCc3nc(COC)nn3C2)ccc1OC. The minimum Gasteiger partial charge on any atom is -0.493 e. The first kappa shape index (κ1) is 20.9. The van der Waals surface area contributed by atoms with E-state index in [4.69, 9.17) is 14.2 Å². The molecule has 2 aromatic rings. The van der Waals surface area contributed by atoms with Crippen LogP contribution in [-0.2, 0) is 30.9 Å². The number of guanidine groups is 1. The van der Waals surface area contributed by atoms with Gasteiger partial charge in [0.05, 0.1) is 20.3 Å². The third-order valence-electron chi connectivity index (χ3n) is 4.73. The number of methoxy groups -OCH3 is 2. The van der Waals surface area contributed by atoms with Crippen LogP contribution in [0.4, 0.5) is 0 Å². The van der Waals surface area contributed by atoms with Crippen LogP contribution in [0.25, 0.3) is 0 Å². The first-order valence-electron chi connectivity index (χ1n) is 9.85. The highest BCUT2D eigenvalue weighted by atomic mass is 16.5. The van der Waals surface area contributed by atoms with Crippen molar-refractivity contribution in [1.29, 1.82) is 0 Å². The molecule has 1 aromatic heterocycles. The molecule has 9 heteroatoms. The molecule has 0 fully saturated rings. The number of ether oxygens (including phenoxy) is 3. The molecule has 0 amide bonds. The molecule has 0 saturated heterocycles. The predicted molar refractivity (Wildman–Crippen MR) is 110 cm³/mol. The Labute approximate surface area is 171 Å². The highest BCUT2D eigenvalue weighted by Crippen LogP contribution is 2.28. The molecule has 1 aliphatic heterocycles. The summed E-state index contributed by atoms with van der Waals surface area (Å²) < 4.78 is 18.1. The van der Waals surface area contributed by atoms with Gasteiger partial charge >= 0.3 is 0 Å². The van der Waals surface area contributed by atoms with Crippen LogP contribution >= 0.6 is 0 Å². The summed E-state index contributed by atoms with van der Waals surface area (Å²) in [5.41, 5.74) is 1.09. The van der Waals surface area contributed by atoms with E-state index in [1.807, 2.05) is 29.8 Å². The van der Waals surface area contributed by atoms with Crippen LogP contribution in [0.1, 0.15) is 30.6 Å². The molecule has 2 N–H and O–H groups in total. The Balaban J connectivity index is 1.56. The van der Waals surface area contributed by atoms with Gasteiger partial charge in [-0.25, -0.2) is 9.67 Å². The van der Waals surface area contributed by atoms with E-state index in [1.165, 1.54) is 0 Å². The quantitative estimate of drug-likeness (QED) is 0.510. The molecule has 1 atom stereocenters. The summed E-state index contributed by atoms with van der Waals surface area (Å²) in [4.78, 5) is 8.87. The Morgan fingerprint density at radius 3 is 2.90 bits per heavy atom. The smallest absolute Gasteiger partial charge is 0.191 e. The number of nitrogens with one attached hydrogen (secondary N) is 2. The fraction of sp³-hybridized carbons (Fsp3) is 0.550. The molecular formula is C20H30N6O3. The second-order valence-corrected chi connectivity index (χ2v) is 6.78. The van der Waals surface area contributed by atoms with E-state index >= 15 is 0 Å². The molecule has 29 heavy (non-hydrogen) atoms. The molecule has 0 spiro atoms. The lowest BCUT2D eigenvalue weighted by atomic mass is 10.1. The van der Waals surface area contributed by atoms with Gasteiger partial charge in [0.1, 0.15) is 12.4 Å². The van der Waals surface area contributed by atoms with Gasteiger partial charge in [-0.2, -0.15) is 5.10 Å². The normalized spacial score (nSPS) is 16.3. The van der Waals surface area contributed by atoms with Crippen LogP contribution in [-0.4, -0.2) is 54.6 Å². The van der Waals surface area contributed by atoms with Gasteiger partial charge in [-0.05, 0) is 31.0 Å². The van der Waals surface area contributed by atoms with Gasteiger partial charge in [0, 0.05) is 33.2 Å². The average molecular weight is 402 g/mol. The molecule has 0 saturated carbocycles. The van der Waals surface area contributed by atoms with Crippen LogP contribution in [0, 0.1) is 0 Å². The van der Waals surface area contributed by atoms with E-state index in [2.05, 4.69) is 25.7 Å². The van der Waals surface area contributed by atoms with Gasteiger partial charge in [0.2, 0.25) is 0 Å². The van der Waals surface area contributed by atoms with Crippen LogP contribution in [0.5, 0.6) is 11.5 Å². The second-order valence-electron chi connectivity index (χ2n) is 6.78. The molecule has 1 aromatic carbocycles. The van der Waals surface area contributed by atoms with Crippen molar-refractivity contribution in [3.8, 4) is 11.5 Å². The van der Waals surface area contributed by atoms with Crippen molar-refractivity contribution < 1.29 is 14.2 Å². The molecule has 1 aliphatic rings. The minimum absolute atomic E-state index is 0.237. The third kappa shape index (κ3) is 5.38. The lowest BCUT2D eigenvalue weighted by Gasteiger charge is -2.25. The van der Waals surface area contributed by atoms with Crippen molar-refractivity contribution in [2.45, 2.75) is 45.5 Å². The lowest BCUT2D eigenvalue weighted by Crippen LogP contribution is -2.46. The zero-order chi connectivity index (χ0) is 20.6. The standard InChI is InChI=1S/C20H30N6O3/c1-5-29-17-10-14(6-8-16(17)28-4)11-22-20(21-2)23-15-7-9-19-24-18(13-27-3)25-26(19)12-15/h6,8,10,15H,5,7,9,11-13H2,1-4H3,(H2,21,22,23). The Bertz CT molecular complexity index is 836. The highest BCUT2D eigenvalue weighted by molar-refractivity contribution is 5.80. The largest absolute Gasteiger partial charge is 0.493 e. The Hall–Kier alpha value is -2.81. The van der Waals surface area contributed by atoms with E-state index in [-0.39, 0.29) is 6.04 Å². The number of aromatic nitrogens is 3. The molecule has 0 bridgehead atoms. The van der Waals surface area contributed by atoms with E-state index in [0.717, 1.165) is 54.1 Å². The summed E-state index contributed by atoms with van der Waals surface area (Å²) >= 11 is 0. The van der Waals surface area contributed by atoms with Crippen molar-refractivity contribution in [3.05, 3.63) is 35.4 Å². The van der Waals surface area contributed by atoms with E-state index in [1.54, 1.807) is 21.3 Å². The Morgan fingerprint density at radius 1 is 1.31 bits per heavy atom. The number of hydrogen-bond acceptors (Lipinski definition) is 6. The number of nitrogens with zero attached hydrogens (tertiary/aromatic N) is 4. The Kier molecular flexibility index (Phi) is 7.29. The van der Waals surface area contributed by atoms with Gasteiger partial charge in [-0.3, -0.25) is 4.99 Å². The van der Waals surface area contributed by atoms with Gasteiger partial charge in [0.15, 0.2) is 23.3 Å². The Morgan fingerprint density at radius 2 is 2.17 bits per heavy atom. The van der Waals surface area contributed by atoms with Crippen molar-refractivity contribution in [3.63, 3.8) is 0 Å². The van der Waals surface area contributed by atoms with Gasteiger partial charge < -0.3 is 24.8 Å². The van der Waals surface area contributed by atoms with Crippen molar-refractivity contribution in [2.75, 3.05) is 27.9 Å². The van der Waals surface area contributed by atoms with Gasteiger partial charge in [-0.15, -0.1) is 0 Å². The fourth-order valence-corrected chi connectivity index (χ4v) is 3.34. The van der Waals surface area contributed by atoms with Gasteiger partial charge in [0.25, 0.3) is 0 Å². The van der Waals surface area contributed by atoms with Crippen LogP contribution in [0.3, 0.4) is 0 Å². The number of aryl methyl sites for hydroxylation is 1. The first-order chi connectivity index (χ1) is 14.2. The van der Waals surface area contributed by atoms with Crippen molar-refractivity contribution in [1.82, 2.24) is 25.4 Å². The molecule has 3 rings (SSSR count). The maximum Gasteiger partial charge on any atom is 0.191 e. The van der Waals surface area contributed by atoms with Crippen LogP contribution in [0.2, 0.25) is 0 Å². The summed E-state index contributed by atoms with van der Waals surface area (Å²) in [6, 6.07) is 6.16. The third-order valence-corrected chi connectivity index (χ3v) is 4.73. The summed E-state index contributed by atoms with van der Waals surface area (Å²) in [7, 11) is 5.07. The summed E-state index contributed by atoms with van der Waals surface area (Å²) in [6.07, 6.45) is 1.85. The molecule has 158 valence electrons. The molecule has 1 unspecified atom stereocenters. The van der Waals surface area contributed by atoms with Crippen molar-refractivity contribution >= 4 is 5.96 Å². The van der Waals surface area contributed by atoms with Gasteiger partial charge in [-0.1, -0.05) is 6.07 Å². The summed E-state index contributed by atoms with van der Waals surface area (Å²) in [5.74, 6) is 3.98. The summed E-state index contributed by atoms with van der Waals surface area (Å²) in [5, 5.41) is 11.4. The summed E-state index contributed by atoms with van der Waals surface area (Å²) in [6.45, 7) is 4.37. The predicted octanol–water partition coefficient (Wildman–Crippen LogP) is 1.51. The van der Waals surface area contributed by atoms with E-state index in [0.29, 0.717) is 19.8 Å². The van der Waals surface area contributed by atoms with Crippen molar-refractivity contribution in [2.24, 2.45) is 4.99 Å². The number of aliphatic imine (C=N–C) groups is 1. The number of benzene rings is 1. The number of hydrogen-bond donors (Lipinski definition) is 2. The average Bonchev–Trinajstić information content (AvgIpc) is 3.13. The molecule has 2 heterocycles. The number of fused-ring (bicyclic) bond motifs is 1. The zero-order valence-electron chi connectivity index (χ0n) is 17.6. The monoisotopic (exact) mass is 402 g/mol. The minimum atomic E-state index is 0.237. The molecular weight excluding hydrogens is 372 g/mol. The van der Waals surface area contributed by atoms with Crippen LogP contribution in [0.15, 0.2) is 23.2 Å². The fourth-order valence-electron chi connectivity index (χ4n) is 3.34. The maximum absolute atomic E-state index is 5.65. The van der Waals surface area contributed by atoms with E-state index < -0.39 is 0 Å².